The second-order valence-corrected chi connectivity index (χ2v) is 1.82. The monoisotopic (exact) mass is 133 g/mol. The van der Waals surface area contributed by atoms with Crippen LogP contribution in [0.25, 0.3) is 0 Å². The molecule has 10 heavy (non-hydrogen) atoms. The zero-order chi connectivity index (χ0) is 7.23. The first kappa shape index (κ1) is 6.69. The van der Waals surface area contributed by atoms with Gasteiger partial charge in [-0.1, -0.05) is 0 Å². The lowest BCUT2D eigenvalue weighted by Crippen LogP contribution is -1.68. The summed E-state index contributed by atoms with van der Waals surface area (Å²) in [7, 11) is 0. The average Bonchev–Trinajstić information content (AvgIpc) is 2.41. The van der Waals surface area contributed by atoms with Gasteiger partial charge in [0.2, 0.25) is 0 Å². The van der Waals surface area contributed by atoms with E-state index in [9.17, 15) is 0 Å². The van der Waals surface area contributed by atoms with Crippen LogP contribution in [0.4, 0.5) is 0 Å². The Morgan fingerprint density at radius 2 is 2.20 bits per heavy atom. The van der Waals surface area contributed by atoms with E-state index in [1.807, 2.05) is 12.1 Å². The van der Waals surface area contributed by atoms with Gasteiger partial charge < -0.3 is 0 Å². The molecule has 0 radical (unpaired) electrons. The SMILES string of the molecule is N#CCCC=C1N=CC=N1. The Kier molecular flexibility index (Phi) is 2.39. The van der Waals surface area contributed by atoms with Crippen molar-refractivity contribution in [3.63, 3.8) is 0 Å². The van der Waals surface area contributed by atoms with Crippen molar-refractivity contribution in [2.75, 3.05) is 0 Å². The minimum atomic E-state index is 0.536. The minimum absolute atomic E-state index is 0.536. The summed E-state index contributed by atoms with van der Waals surface area (Å²) in [6.45, 7) is 0. The molecule has 0 aromatic heterocycles. The molecule has 1 rings (SSSR count). The lowest BCUT2D eigenvalue weighted by atomic mass is 10.3. The molecule has 0 amide bonds. The predicted molar refractivity (Wildman–Crippen MR) is 39.9 cm³/mol. The third-order valence-corrected chi connectivity index (χ3v) is 1.06. The molecule has 0 spiro atoms. The van der Waals surface area contributed by atoms with Gasteiger partial charge in [-0.2, -0.15) is 5.26 Å². The molecule has 0 bridgehead atoms. The van der Waals surface area contributed by atoms with Crippen molar-refractivity contribution in [1.29, 1.82) is 5.26 Å². The predicted octanol–water partition coefficient (Wildman–Crippen LogP) is 1.29. The first-order valence-electron chi connectivity index (χ1n) is 3.07. The highest BCUT2D eigenvalue weighted by atomic mass is 15.0. The van der Waals surface area contributed by atoms with Crippen LogP contribution in [0.15, 0.2) is 21.9 Å². The Morgan fingerprint density at radius 3 is 2.80 bits per heavy atom. The first-order chi connectivity index (χ1) is 4.93. The summed E-state index contributed by atoms with van der Waals surface area (Å²) < 4.78 is 0. The lowest BCUT2D eigenvalue weighted by Gasteiger charge is -1.84. The molecule has 0 saturated carbocycles. The summed E-state index contributed by atoms with van der Waals surface area (Å²) in [5, 5.41) is 8.18. The molecule has 1 aliphatic heterocycles. The normalized spacial score (nSPS) is 13.7. The minimum Gasteiger partial charge on any atom is -0.236 e. The second-order valence-electron chi connectivity index (χ2n) is 1.82. The van der Waals surface area contributed by atoms with Crippen LogP contribution < -0.4 is 0 Å². The highest BCUT2D eigenvalue weighted by Crippen LogP contribution is 2.03. The van der Waals surface area contributed by atoms with Gasteiger partial charge in [-0.3, -0.25) is 0 Å². The molecule has 0 aliphatic carbocycles. The molecular formula is C7H7N3. The maximum atomic E-state index is 8.18. The molecule has 0 unspecified atom stereocenters. The number of hydrogen-bond acceptors (Lipinski definition) is 3. The van der Waals surface area contributed by atoms with Crippen LogP contribution in [0.5, 0.6) is 0 Å². The Labute approximate surface area is 59.4 Å². The third-order valence-electron chi connectivity index (χ3n) is 1.06. The molecule has 50 valence electrons. The quantitative estimate of drug-likeness (QED) is 0.523. The average molecular weight is 133 g/mol. The van der Waals surface area contributed by atoms with Gasteiger partial charge in [-0.15, -0.1) is 0 Å². The van der Waals surface area contributed by atoms with E-state index in [0.29, 0.717) is 6.42 Å². The molecule has 0 atom stereocenters. The maximum absolute atomic E-state index is 8.18. The fourth-order valence-corrected chi connectivity index (χ4v) is 0.624. The standard InChI is InChI=1S/C7H7N3/c8-4-2-1-3-7-9-5-6-10-7/h3,5-6H,1-2H2. The number of nitrogens with zero attached hydrogens (tertiary/aromatic N) is 3. The molecule has 1 heterocycles. The van der Waals surface area contributed by atoms with Gasteiger partial charge in [0.25, 0.3) is 0 Å². The summed E-state index contributed by atoms with van der Waals surface area (Å²) >= 11 is 0. The molecule has 3 nitrogen and oxygen atoms in total. The van der Waals surface area contributed by atoms with Crippen LogP contribution in [-0.2, 0) is 0 Å². The molecule has 0 aromatic rings. The molecule has 0 N–H and O–H groups in total. The van der Waals surface area contributed by atoms with Crippen LogP contribution >= 0.6 is 0 Å². The summed E-state index contributed by atoms with van der Waals surface area (Å²) in [5.41, 5.74) is 0. The number of nitriles is 1. The lowest BCUT2D eigenvalue weighted by molar-refractivity contribution is 1.03. The van der Waals surface area contributed by atoms with E-state index in [1.54, 1.807) is 12.4 Å². The van der Waals surface area contributed by atoms with Crippen molar-refractivity contribution in [1.82, 2.24) is 0 Å². The van der Waals surface area contributed by atoms with Crippen molar-refractivity contribution in [2.45, 2.75) is 12.8 Å². The maximum Gasteiger partial charge on any atom is 0.147 e. The zero-order valence-electron chi connectivity index (χ0n) is 5.49. The zero-order valence-corrected chi connectivity index (χ0v) is 5.49. The van der Waals surface area contributed by atoms with E-state index < -0.39 is 0 Å². The smallest absolute Gasteiger partial charge is 0.147 e. The topological polar surface area (TPSA) is 48.5 Å². The van der Waals surface area contributed by atoms with Gasteiger partial charge in [0, 0.05) is 18.9 Å². The largest absolute Gasteiger partial charge is 0.236 e. The fourth-order valence-electron chi connectivity index (χ4n) is 0.624. The van der Waals surface area contributed by atoms with Gasteiger partial charge >= 0.3 is 0 Å². The van der Waals surface area contributed by atoms with Crippen LogP contribution in [0.3, 0.4) is 0 Å². The second kappa shape index (κ2) is 3.57. The summed E-state index contributed by atoms with van der Waals surface area (Å²) in [5.74, 6) is 0.718. The van der Waals surface area contributed by atoms with Crippen molar-refractivity contribution >= 4 is 12.4 Å². The number of rotatable bonds is 2. The first-order valence-corrected chi connectivity index (χ1v) is 3.07. The fraction of sp³-hybridized carbons (Fsp3) is 0.286. The van der Waals surface area contributed by atoms with E-state index in [1.165, 1.54) is 0 Å². The Morgan fingerprint density at radius 1 is 1.50 bits per heavy atom. The summed E-state index contributed by atoms with van der Waals surface area (Å²) in [6, 6.07) is 2.04. The molecule has 0 saturated heterocycles. The van der Waals surface area contributed by atoms with E-state index in [0.717, 1.165) is 12.2 Å². The van der Waals surface area contributed by atoms with Crippen LogP contribution in [0, 0.1) is 11.3 Å². The van der Waals surface area contributed by atoms with Gasteiger partial charge in [0.05, 0.1) is 6.07 Å². The van der Waals surface area contributed by atoms with E-state index in [-0.39, 0.29) is 0 Å². The van der Waals surface area contributed by atoms with Gasteiger partial charge in [0.15, 0.2) is 0 Å². The highest BCUT2D eigenvalue weighted by Gasteiger charge is 1.91. The van der Waals surface area contributed by atoms with Crippen molar-refractivity contribution in [2.24, 2.45) is 9.98 Å². The Bertz CT molecular complexity index is 216. The van der Waals surface area contributed by atoms with Gasteiger partial charge in [-0.25, -0.2) is 9.98 Å². The Balaban J connectivity index is 2.35. The molecular weight excluding hydrogens is 126 g/mol. The van der Waals surface area contributed by atoms with Crippen LogP contribution in [-0.4, -0.2) is 12.4 Å². The van der Waals surface area contributed by atoms with Crippen molar-refractivity contribution in [3.05, 3.63) is 11.9 Å². The number of allylic oxidation sites excluding steroid dienone is 1. The van der Waals surface area contributed by atoms with Crippen LogP contribution in [0.2, 0.25) is 0 Å². The Hall–Kier alpha value is -1.43. The van der Waals surface area contributed by atoms with Gasteiger partial charge in [-0.05, 0) is 12.5 Å². The highest BCUT2D eigenvalue weighted by molar-refractivity contribution is 6.18. The van der Waals surface area contributed by atoms with E-state index in [4.69, 9.17) is 5.26 Å². The number of unbranched alkanes of at least 4 members (excludes halogenated alkanes) is 1. The molecule has 1 aliphatic rings. The van der Waals surface area contributed by atoms with Crippen molar-refractivity contribution in [3.8, 4) is 6.07 Å². The van der Waals surface area contributed by atoms with E-state index >= 15 is 0 Å². The summed E-state index contributed by atoms with van der Waals surface area (Å²) in [6.07, 6.45) is 6.40. The molecule has 3 heteroatoms. The van der Waals surface area contributed by atoms with Crippen molar-refractivity contribution < 1.29 is 0 Å². The van der Waals surface area contributed by atoms with Gasteiger partial charge in [0.1, 0.15) is 5.82 Å². The van der Waals surface area contributed by atoms with E-state index in [2.05, 4.69) is 9.98 Å². The molecule has 0 aromatic carbocycles. The third kappa shape index (κ3) is 1.82. The summed E-state index contributed by atoms with van der Waals surface area (Å²) in [4.78, 5) is 7.82. The number of aliphatic imine (C=N–C) groups is 2. The molecule has 0 fully saturated rings. The number of hydrogen-bond donors (Lipinski definition) is 0. The van der Waals surface area contributed by atoms with Crippen LogP contribution in [0.1, 0.15) is 12.8 Å².